The number of H-pyrrole nitrogens is 1. The van der Waals surface area contributed by atoms with Crippen molar-refractivity contribution in [1.82, 2.24) is 20.7 Å². The Morgan fingerprint density at radius 3 is 2.90 bits per heavy atom. The molecule has 1 aliphatic carbocycles. The second kappa shape index (κ2) is 5.86. The van der Waals surface area contributed by atoms with Gasteiger partial charge >= 0.3 is 0 Å². The third kappa shape index (κ3) is 2.87. The number of benzene rings is 1. The normalized spacial score (nSPS) is 21.8. The van der Waals surface area contributed by atoms with Gasteiger partial charge in [-0.2, -0.15) is 15.4 Å². The Morgan fingerprint density at radius 1 is 1.30 bits per heavy atom. The monoisotopic (exact) mass is 270 g/mol. The van der Waals surface area contributed by atoms with Gasteiger partial charge in [-0.05, 0) is 30.7 Å². The summed E-state index contributed by atoms with van der Waals surface area (Å²) in [7, 11) is 0. The summed E-state index contributed by atoms with van der Waals surface area (Å²) in [6.07, 6.45) is 5.85. The number of carbonyl (C=O) groups is 1. The molecule has 0 saturated heterocycles. The molecule has 3 rings (SSSR count). The first-order valence-electron chi connectivity index (χ1n) is 7.03. The van der Waals surface area contributed by atoms with Crippen LogP contribution in [0.2, 0.25) is 0 Å². The molecule has 20 heavy (non-hydrogen) atoms. The number of hydrogen-bond acceptors (Lipinski definition) is 3. The average Bonchev–Trinajstić information content (AvgIpc) is 3.12. The van der Waals surface area contributed by atoms with Crippen LogP contribution < -0.4 is 5.32 Å². The van der Waals surface area contributed by atoms with Crippen molar-refractivity contribution >= 4 is 5.91 Å². The third-order valence-corrected chi connectivity index (χ3v) is 3.96. The van der Waals surface area contributed by atoms with E-state index in [4.69, 9.17) is 0 Å². The van der Waals surface area contributed by atoms with Crippen molar-refractivity contribution in [2.24, 2.45) is 5.92 Å². The number of aromatic amines is 1. The number of aromatic nitrogens is 3. The fourth-order valence-electron chi connectivity index (χ4n) is 2.94. The van der Waals surface area contributed by atoms with Crippen molar-refractivity contribution in [3.05, 3.63) is 47.8 Å². The Balaban J connectivity index is 1.62. The van der Waals surface area contributed by atoms with Crippen LogP contribution in [0.25, 0.3) is 0 Å². The van der Waals surface area contributed by atoms with Gasteiger partial charge in [0.25, 0.3) is 5.91 Å². The number of amides is 1. The first-order chi connectivity index (χ1) is 9.83. The molecule has 2 aromatic rings. The molecule has 1 saturated carbocycles. The van der Waals surface area contributed by atoms with E-state index >= 15 is 0 Å². The fraction of sp³-hybridized carbons (Fsp3) is 0.400. The number of nitrogens with one attached hydrogen (secondary N) is 2. The van der Waals surface area contributed by atoms with Crippen molar-refractivity contribution < 1.29 is 4.79 Å². The van der Waals surface area contributed by atoms with Crippen molar-refractivity contribution in [2.75, 3.05) is 0 Å². The van der Waals surface area contributed by atoms with Crippen molar-refractivity contribution in [2.45, 2.75) is 31.7 Å². The molecule has 2 N–H and O–H groups in total. The molecule has 1 aromatic carbocycles. The van der Waals surface area contributed by atoms with Gasteiger partial charge in [-0.3, -0.25) is 4.79 Å². The van der Waals surface area contributed by atoms with E-state index in [1.54, 1.807) is 0 Å². The van der Waals surface area contributed by atoms with Gasteiger partial charge in [0.05, 0.1) is 6.20 Å². The van der Waals surface area contributed by atoms with E-state index in [2.05, 4.69) is 45.0 Å². The van der Waals surface area contributed by atoms with E-state index in [1.165, 1.54) is 24.6 Å². The molecule has 5 nitrogen and oxygen atoms in total. The molecule has 1 heterocycles. The van der Waals surface area contributed by atoms with E-state index in [0.29, 0.717) is 11.6 Å². The highest BCUT2D eigenvalue weighted by atomic mass is 16.2. The van der Waals surface area contributed by atoms with E-state index in [9.17, 15) is 4.79 Å². The Kier molecular flexibility index (Phi) is 3.76. The van der Waals surface area contributed by atoms with Crippen LogP contribution >= 0.6 is 0 Å². The summed E-state index contributed by atoms with van der Waals surface area (Å²) in [6, 6.07) is 10.7. The molecule has 104 valence electrons. The summed E-state index contributed by atoms with van der Waals surface area (Å²) in [5.74, 6) is 0.372. The SMILES string of the molecule is O=C(N[C@@H]1CCC[C@@H]1Cc1ccccc1)c1cn[nH]n1. The second-order valence-corrected chi connectivity index (χ2v) is 5.32. The van der Waals surface area contributed by atoms with Crippen LogP contribution in [0.15, 0.2) is 36.5 Å². The standard InChI is InChI=1S/C15H18N4O/c20-15(14-10-16-19-18-14)17-13-8-4-7-12(13)9-11-5-2-1-3-6-11/h1-3,5-6,10,12-13H,4,7-9H2,(H,17,20)(H,16,18,19)/t12-,13-/m1/s1. The molecule has 1 aliphatic rings. The van der Waals surface area contributed by atoms with E-state index in [-0.39, 0.29) is 11.9 Å². The maximum Gasteiger partial charge on any atom is 0.273 e. The topological polar surface area (TPSA) is 70.7 Å². The van der Waals surface area contributed by atoms with Crippen LogP contribution in [0.4, 0.5) is 0 Å². The first-order valence-corrected chi connectivity index (χ1v) is 7.03. The predicted octanol–water partition coefficient (Wildman–Crippen LogP) is 1.95. The van der Waals surface area contributed by atoms with E-state index in [1.807, 2.05) is 6.07 Å². The maximum atomic E-state index is 12.0. The van der Waals surface area contributed by atoms with Gasteiger partial charge in [0.15, 0.2) is 5.69 Å². The van der Waals surface area contributed by atoms with E-state index < -0.39 is 0 Å². The minimum atomic E-state index is -0.135. The minimum Gasteiger partial charge on any atom is -0.348 e. The van der Waals surface area contributed by atoms with Gasteiger partial charge in [0, 0.05) is 6.04 Å². The molecular formula is C15H18N4O. The number of hydrogen-bond donors (Lipinski definition) is 2. The van der Waals surface area contributed by atoms with E-state index in [0.717, 1.165) is 12.8 Å². The molecule has 0 spiro atoms. The lowest BCUT2D eigenvalue weighted by atomic mass is 9.94. The van der Waals surface area contributed by atoms with Gasteiger partial charge in [0.1, 0.15) is 0 Å². The maximum absolute atomic E-state index is 12.0. The van der Waals surface area contributed by atoms with Gasteiger partial charge in [-0.25, -0.2) is 0 Å². The van der Waals surface area contributed by atoms with Gasteiger partial charge in [-0.15, -0.1) is 0 Å². The van der Waals surface area contributed by atoms with Crippen molar-refractivity contribution in [3.8, 4) is 0 Å². The summed E-state index contributed by atoms with van der Waals surface area (Å²) in [5, 5.41) is 13.0. The zero-order chi connectivity index (χ0) is 13.8. The lowest BCUT2D eigenvalue weighted by Gasteiger charge is -2.20. The second-order valence-electron chi connectivity index (χ2n) is 5.32. The van der Waals surface area contributed by atoms with Crippen LogP contribution in [0, 0.1) is 5.92 Å². The van der Waals surface area contributed by atoms with Crippen LogP contribution in [-0.2, 0) is 6.42 Å². The first kappa shape index (κ1) is 12.8. The van der Waals surface area contributed by atoms with Crippen LogP contribution in [0.5, 0.6) is 0 Å². The summed E-state index contributed by atoms with van der Waals surface area (Å²) >= 11 is 0. The minimum absolute atomic E-state index is 0.135. The summed E-state index contributed by atoms with van der Waals surface area (Å²) in [6.45, 7) is 0. The molecule has 2 atom stereocenters. The summed E-state index contributed by atoms with van der Waals surface area (Å²) in [4.78, 5) is 12.0. The molecule has 1 amide bonds. The third-order valence-electron chi connectivity index (χ3n) is 3.96. The van der Waals surface area contributed by atoms with Gasteiger partial charge in [0.2, 0.25) is 0 Å². The molecule has 0 bridgehead atoms. The lowest BCUT2D eigenvalue weighted by molar-refractivity contribution is 0.0922. The highest BCUT2D eigenvalue weighted by Gasteiger charge is 2.29. The molecule has 0 aliphatic heterocycles. The van der Waals surface area contributed by atoms with Crippen LogP contribution in [0.1, 0.15) is 35.3 Å². The summed E-state index contributed by atoms with van der Waals surface area (Å²) in [5.41, 5.74) is 1.69. The molecule has 1 aromatic heterocycles. The lowest BCUT2D eigenvalue weighted by Crippen LogP contribution is -2.38. The number of nitrogens with zero attached hydrogens (tertiary/aromatic N) is 2. The van der Waals surface area contributed by atoms with Crippen molar-refractivity contribution in [1.29, 1.82) is 0 Å². The molecule has 5 heteroatoms. The van der Waals surface area contributed by atoms with Crippen molar-refractivity contribution in [3.63, 3.8) is 0 Å². The predicted molar refractivity (Wildman–Crippen MR) is 75.1 cm³/mol. The Hall–Kier alpha value is -2.17. The fourth-order valence-corrected chi connectivity index (χ4v) is 2.94. The largest absolute Gasteiger partial charge is 0.348 e. The Labute approximate surface area is 117 Å². The molecular weight excluding hydrogens is 252 g/mol. The number of rotatable bonds is 4. The average molecular weight is 270 g/mol. The quantitative estimate of drug-likeness (QED) is 0.892. The number of carbonyl (C=O) groups excluding carboxylic acids is 1. The molecule has 0 radical (unpaired) electrons. The zero-order valence-corrected chi connectivity index (χ0v) is 11.2. The molecule has 1 fully saturated rings. The molecule has 0 unspecified atom stereocenters. The Bertz CT molecular complexity index is 553. The van der Waals surface area contributed by atoms with Gasteiger partial charge in [-0.1, -0.05) is 36.8 Å². The highest BCUT2D eigenvalue weighted by molar-refractivity contribution is 5.92. The van der Waals surface area contributed by atoms with Crippen LogP contribution in [-0.4, -0.2) is 27.4 Å². The zero-order valence-electron chi connectivity index (χ0n) is 11.2. The smallest absolute Gasteiger partial charge is 0.273 e. The highest BCUT2D eigenvalue weighted by Crippen LogP contribution is 2.29. The Morgan fingerprint density at radius 2 is 2.15 bits per heavy atom. The van der Waals surface area contributed by atoms with Crippen LogP contribution in [0.3, 0.4) is 0 Å². The summed E-state index contributed by atoms with van der Waals surface area (Å²) < 4.78 is 0. The van der Waals surface area contributed by atoms with Gasteiger partial charge < -0.3 is 5.32 Å².